The SMILES string of the molecule is CCC.NC(=O)CNC(=O)c1ccncc1. The number of carbonyl (C=O) groups excluding carboxylic acids is 2. The van der Waals surface area contributed by atoms with E-state index in [1.54, 1.807) is 12.1 Å². The van der Waals surface area contributed by atoms with Crippen LogP contribution in [0.5, 0.6) is 0 Å². The molecule has 3 N–H and O–H groups in total. The summed E-state index contributed by atoms with van der Waals surface area (Å²) in [5.74, 6) is -0.899. The fourth-order valence-electron chi connectivity index (χ4n) is 0.773. The van der Waals surface area contributed by atoms with Crippen molar-refractivity contribution in [2.24, 2.45) is 5.73 Å². The van der Waals surface area contributed by atoms with Crippen molar-refractivity contribution < 1.29 is 9.59 Å². The third-order valence-electron chi connectivity index (χ3n) is 1.37. The summed E-state index contributed by atoms with van der Waals surface area (Å²) in [7, 11) is 0. The lowest BCUT2D eigenvalue weighted by Gasteiger charge is -2.00. The second-order valence-corrected chi connectivity index (χ2v) is 3.09. The zero-order valence-electron chi connectivity index (χ0n) is 9.56. The molecule has 5 heteroatoms. The van der Waals surface area contributed by atoms with E-state index in [0.29, 0.717) is 5.56 Å². The molecule has 0 aliphatic carbocycles. The summed E-state index contributed by atoms with van der Waals surface area (Å²) in [5, 5.41) is 2.36. The molecule has 0 aliphatic heterocycles. The lowest BCUT2D eigenvalue weighted by molar-refractivity contribution is -0.117. The highest BCUT2D eigenvalue weighted by Crippen LogP contribution is 1.94. The summed E-state index contributed by atoms with van der Waals surface area (Å²) in [6.45, 7) is 4.10. The highest BCUT2D eigenvalue weighted by atomic mass is 16.2. The first-order chi connectivity index (χ1) is 7.61. The average Bonchev–Trinajstić information content (AvgIpc) is 2.28. The molecule has 16 heavy (non-hydrogen) atoms. The third kappa shape index (κ3) is 6.53. The standard InChI is InChI=1S/C8H9N3O2.C3H8/c9-7(12)5-11-8(13)6-1-3-10-4-2-6;1-3-2/h1-4H,5H2,(H2,9,12)(H,11,13);3H2,1-2H3. The topological polar surface area (TPSA) is 85.1 Å². The molecule has 0 aromatic carbocycles. The van der Waals surface area contributed by atoms with E-state index in [1.807, 2.05) is 0 Å². The highest BCUT2D eigenvalue weighted by molar-refractivity contribution is 5.96. The largest absolute Gasteiger partial charge is 0.368 e. The molecule has 1 heterocycles. The van der Waals surface area contributed by atoms with Crippen molar-refractivity contribution in [1.82, 2.24) is 10.3 Å². The number of rotatable bonds is 3. The first-order valence-corrected chi connectivity index (χ1v) is 5.08. The number of nitrogens with two attached hydrogens (primary N) is 1. The van der Waals surface area contributed by atoms with Crippen LogP contribution in [0, 0.1) is 0 Å². The molecule has 0 atom stereocenters. The molecule has 5 nitrogen and oxygen atoms in total. The summed E-state index contributed by atoms with van der Waals surface area (Å²) in [4.78, 5) is 25.3. The fourth-order valence-corrected chi connectivity index (χ4v) is 0.773. The van der Waals surface area contributed by atoms with Gasteiger partial charge in [-0.3, -0.25) is 14.6 Å². The number of amides is 2. The highest BCUT2D eigenvalue weighted by Gasteiger charge is 2.04. The Morgan fingerprint density at radius 1 is 1.31 bits per heavy atom. The number of nitrogens with one attached hydrogen (secondary N) is 1. The van der Waals surface area contributed by atoms with E-state index < -0.39 is 5.91 Å². The van der Waals surface area contributed by atoms with Crippen LogP contribution in [0.25, 0.3) is 0 Å². The van der Waals surface area contributed by atoms with Gasteiger partial charge in [-0.05, 0) is 12.1 Å². The molecule has 1 aromatic rings. The van der Waals surface area contributed by atoms with Gasteiger partial charge >= 0.3 is 0 Å². The average molecular weight is 223 g/mol. The summed E-state index contributed by atoms with van der Waals surface area (Å²) < 4.78 is 0. The Kier molecular flexibility index (Phi) is 7.40. The number of pyridine rings is 1. The Balaban J connectivity index is 0.000000673. The van der Waals surface area contributed by atoms with Crippen LogP contribution in [-0.2, 0) is 4.79 Å². The Morgan fingerprint density at radius 2 is 1.81 bits per heavy atom. The maximum atomic E-state index is 11.2. The first kappa shape index (κ1) is 14.1. The Labute approximate surface area is 95.1 Å². The van der Waals surface area contributed by atoms with Gasteiger partial charge < -0.3 is 11.1 Å². The zero-order valence-corrected chi connectivity index (χ0v) is 9.56. The van der Waals surface area contributed by atoms with Crippen LogP contribution in [0.1, 0.15) is 30.6 Å². The number of nitrogens with zero attached hydrogens (tertiary/aromatic N) is 1. The van der Waals surface area contributed by atoms with Gasteiger partial charge in [0.15, 0.2) is 0 Å². The van der Waals surface area contributed by atoms with Crippen LogP contribution in [0.2, 0.25) is 0 Å². The molecule has 0 spiro atoms. The van der Waals surface area contributed by atoms with Crippen LogP contribution in [-0.4, -0.2) is 23.3 Å². The minimum atomic E-state index is -0.567. The van der Waals surface area contributed by atoms with Gasteiger partial charge in [0, 0.05) is 18.0 Å². The van der Waals surface area contributed by atoms with Crippen molar-refractivity contribution in [2.45, 2.75) is 20.3 Å². The van der Waals surface area contributed by atoms with Gasteiger partial charge in [0.25, 0.3) is 5.91 Å². The molecule has 0 fully saturated rings. The van der Waals surface area contributed by atoms with Gasteiger partial charge in [0.05, 0.1) is 6.54 Å². The lowest BCUT2D eigenvalue weighted by atomic mass is 10.2. The normalized spacial score (nSPS) is 8.62. The van der Waals surface area contributed by atoms with Crippen molar-refractivity contribution in [3.05, 3.63) is 30.1 Å². The molecule has 1 rings (SSSR count). The van der Waals surface area contributed by atoms with Crippen LogP contribution >= 0.6 is 0 Å². The molecule has 0 radical (unpaired) electrons. The van der Waals surface area contributed by atoms with E-state index in [4.69, 9.17) is 5.73 Å². The van der Waals surface area contributed by atoms with E-state index >= 15 is 0 Å². The molecular formula is C11H17N3O2. The van der Waals surface area contributed by atoms with E-state index in [9.17, 15) is 9.59 Å². The number of hydrogen-bond donors (Lipinski definition) is 2. The Morgan fingerprint density at radius 3 is 2.25 bits per heavy atom. The van der Waals surface area contributed by atoms with Crippen LogP contribution in [0.3, 0.4) is 0 Å². The smallest absolute Gasteiger partial charge is 0.251 e. The van der Waals surface area contributed by atoms with Gasteiger partial charge in [-0.1, -0.05) is 20.3 Å². The minimum absolute atomic E-state index is 0.152. The van der Waals surface area contributed by atoms with Crippen LogP contribution < -0.4 is 11.1 Å². The lowest BCUT2D eigenvalue weighted by Crippen LogP contribution is -2.33. The van der Waals surface area contributed by atoms with Crippen molar-refractivity contribution >= 4 is 11.8 Å². The molecule has 0 bridgehead atoms. The van der Waals surface area contributed by atoms with Crippen molar-refractivity contribution in [2.75, 3.05) is 6.54 Å². The Hall–Kier alpha value is -1.91. The van der Waals surface area contributed by atoms with Gasteiger partial charge in [-0.25, -0.2) is 0 Å². The van der Waals surface area contributed by atoms with Crippen molar-refractivity contribution in [3.8, 4) is 0 Å². The van der Waals surface area contributed by atoms with E-state index in [1.165, 1.54) is 18.8 Å². The monoisotopic (exact) mass is 223 g/mol. The second-order valence-electron chi connectivity index (χ2n) is 3.09. The second kappa shape index (κ2) is 8.40. The van der Waals surface area contributed by atoms with Gasteiger partial charge in [-0.2, -0.15) is 0 Å². The summed E-state index contributed by atoms with van der Waals surface area (Å²) in [6, 6.07) is 3.10. The van der Waals surface area contributed by atoms with Gasteiger partial charge in [0.1, 0.15) is 0 Å². The quantitative estimate of drug-likeness (QED) is 0.791. The third-order valence-corrected chi connectivity index (χ3v) is 1.37. The summed E-state index contributed by atoms with van der Waals surface area (Å²) in [6.07, 6.45) is 4.25. The van der Waals surface area contributed by atoms with Crippen molar-refractivity contribution in [3.63, 3.8) is 0 Å². The Bertz CT molecular complexity index is 325. The number of aromatic nitrogens is 1. The molecule has 88 valence electrons. The molecule has 1 aromatic heterocycles. The molecule has 0 saturated carbocycles. The summed E-state index contributed by atoms with van der Waals surface area (Å²) in [5.41, 5.74) is 5.31. The van der Waals surface area contributed by atoms with Gasteiger partial charge in [-0.15, -0.1) is 0 Å². The summed E-state index contributed by atoms with van der Waals surface area (Å²) >= 11 is 0. The van der Waals surface area contributed by atoms with E-state index in [2.05, 4.69) is 24.1 Å². The molecule has 2 amide bonds. The van der Waals surface area contributed by atoms with E-state index in [-0.39, 0.29) is 12.5 Å². The van der Waals surface area contributed by atoms with Crippen LogP contribution in [0.4, 0.5) is 0 Å². The molecule has 0 unspecified atom stereocenters. The minimum Gasteiger partial charge on any atom is -0.368 e. The first-order valence-electron chi connectivity index (χ1n) is 5.08. The predicted molar refractivity (Wildman–Crippen MR) is 61.7 cm³/mol. The van der Waals surface area contributed by atoms with Crippen LogP contribution in [0.15, 0.2) is 24.5 Å². The van der Waals surface area contributed by atoms with E-state index in [0.717, 1.165) is 0 Å². The van der Waals surface area contributed by atoms with Crippen molar-refractivity contribution in [1.29, 1.82) is 0 Å². The zero-order chi connectivity index (χ0) is 12.4. The molecule has 0 saturated heterocycles. The molecule has 0 aliphatic rings. The van der Waals surface area contributed by atoms with Gasteiger partial charge in [0.2, 0.25) is 5.91 Å². The maximum absolute atomic E-state index is 11.2. The number of primary amides is 1. The number of carbonyl (C=O) groups is 2. The molecular weight excluding hydrogens is 206 g/mol. The maximum Gasteiger partial charge on any atom is 0.251 e. The number of hydrogen-bond acceptors (Lipinski definition) is 3. The predicted octanol–water partition coefficient (Wildman–Crippen LogP) is 0.713. The fraction of sp³-hybridized carbons (Fsp3) is 0.364.